The van der Waals surface area contributed by atoms with Crippen molar-refractivity contribution in [2.75, 3.05) is 0 Å². The Labute approximate surface area is 115 Å². The van der Waals surface area contributed by atoms with Gasteiger partial charge in [0, 0.05) is 0 Å². The van der Waals surface area contributed by atoms with Crippen LogP contribution >= 0.6 is 0 Å². The van der Waals surface area contributed by atoms with E-state index in [-0.39, 0.29) is 11.1 Å². The van der Waals surface area contributed by atoms with Crippen molar-refractivity contribution in [1.29, 1.82) is 0 Å². The number of hydrogen-bond acceptors (Lipinski definition) is 2. The zero-order valence-electron chi connectivity index (χ0n) is 13.2. The van der Waals surface area contributed by atoms with Crippen molar-refractivity contribution in [3.8, 4) is 0 Å². The lowest BCUT2D eigenvalue weighted by atomic mass is 10.1. The van der Waals surface area contributed by atoms with E-state index in [1.54, 1.807) is 0 Å². The van der Waals surface area contributed by atoms with E-state index in [1.165, 1.54) is 25.7 Å². The van der Waals surface area contributed by atoms with E-state index in [1.807, 2.05) is 0 Å². The molecule has 0 aliphatic rings. The monoisotopic (exact) mass is 272 g/mol. The maximum atomic E-state index is 11.1. The molecule has 0 amide bonds. The first-order valence-electron chi connectivity index (χ1n) is 7.37. The number of unbranched alkanes of at least 4 members (excludes halogenated alkanes) is 4. The number of rotatable bonds is 9. The average molecular weight is 273 g/mol. The highest BCUT2D eigenvalue weighted by Gasteiger charge is 2.38. The molecule has 108 valence electrons. The molecule has 0 aromatic carbocycles. The molecule has 18 heavy (non-hydrogen) atoms. The topological polar surface area (TPSA) is 26.3 Å². The summed E-state index contributed by atoms with van der Waals surface area (Å²) in [7, 11) is -1.80. The molecule has 1 atom stereocenters. The fourth-order valence-corrected chi connectivity index (χ4v) is 2.94. The van der Waals surface area contributed by atoms with Crippen LogP contribution in [0.15, 0.2) is 0 Å². The van der Waals surface area contributed by atoms with Crippen LogP contribution in [0, 0.1) is 0 Å². The van der Waals surface area contributed by atoms with Crippen molar-refractivity contribution in [2.24, 2.45) is 0 Å². The maximum Gasteiger partial charge on any atom is 0.193 e. The Morgan fingerprint density at radius 3 is 2.11 bits per heavy atom. The van der Waals surface area contributed by atoms with Gasteiger partial charge < -0.3 is 9.22 Å². The predicted molar refractivity (Wildman–Crippen MR) is 81.5 cm³/mol. The quantitative estimate of drug-likeness (QED) is 0.338. The largest absolute Gasteiger partial charge is 0.407 e. The molecule has 0 aliphatic carbocycles. The Bertz CT molecular complexity index is 231. The van der Waals surface area contributed by atoms with Crippen LogP contribution < -0.4 is 0 Å². The van der Waals surface area contributed by atoms with Gasteiger partial charge in [0.25, 0.3) is 0 Å². The van der Waals surface area contributed by atoms with Gasteiger partial charge in [-0.15, -0.1) is 0 Å². The summed E-state index contributed by atoms with van der Waals surface area (Å²) in [6, 6.07) is 0. The minimum Gasteiger partial charge on any atom is -0.407 e. The fourth-order valence-electron chi connectivity index (χ4n) is 1.66. The van der Waals surface area contributed by atoms with Crippen LogP contribution in [0.5, 0.6) is 0 Å². The summed E-state index contributed by atoms with van der Waals surface area (Å²) in [6.07, 6.45) is 7.87. The van der Waals surface area contributed by atoms with Crippen molar-refractivity contribution >= 4 is 14.6 Å². The Hall–Kier alpha value is -0.153. The molecule has 0 aliphatic heterocycles. The van der Waals surface area contributed by atoms with Crippen LogP contribution in [0.3, 0.4) is 0 Å². The van der Waals surface area contributed by atoms with Gasteiger partial charge in [0.15, 0.2) is 8.32 Å². The summed E-state index contributed by atoms with van der Waals surface area (Å²) in [6.45, 7) is 13.3. The van der Waals surface area contributed by atoms with E-state index in [0.29, 0.717) is 0 Å². The van der Waals surface area contributed by atoms with E-state index < -0.39 is 8.32 Å². The summed E-state index contributed by atoms with van der Waals surface area (Å²) in [5.74, 6) is 0. The highest BCUT2D eigenvalue weighted by atomic mass is 28.4. The van der Waals surface area contributed by atoms with Gasteiger partial charge in [0.05, 0.1) is 0 Å². The van der Waals surface area contributed by atoms with Crippen LogP contribution in [0.4, 0.5) is 0 Å². The van der Waals surface area contributed by atoms with Crippen LogP contribution in [0.25, 0.3) is 0 Å². The van der Waals surface area contributed by atoms with Crippen molar-refractivity contribution in [1.82, 2.24) is 0 Å². The Morgan fingerprint density at radius 1 is 1.11 bits per heavy atom. The summed E-state index contributed by atoms with van der Waals surface area (Å²) in [5.41, 5.74) is 0. The first-order valence-corrected chi connectivity index (χ1v) is 10.3. The molecule has 3 heteroatoms. The number of aldehydes is 1. The van der Waals surface area contributed by atoms with Crippen molar-refractivity contribution in [2.45, 2.75) is 90.5 Å². The first-order chi connectivity index (χ1) is 8.24. The van der Waals surface area contributed by atoms with E-state index in [2.05, 4.69) is 40.8 Å². The molecule has 0 spiro atoms. The van der Waals surface area contributed by atoms with Gasteiger partial charge in [0.1, 0.15) is 12.4 Å². The normalized spacial score (nSPS) is 14.6. The molecule has 0 bridgehead atoms. The van der Waals surface area contributed by atoms with Crippen LogP contribution in [-0.2, 0) is 9.22 Å². The predicted octanol–water partition coefficient (Wildman–Crippen LogP) is 4.94. The second kappa shape index (κ2) is 8.11. The lowest BCUT2D eigenvalue weighted by molar-refractivity contribution is -0.114. The standard InChI is InChI=1S/C15H32O2Si/c1-7-8-9-10-11-12-14(13-16)17-18(5,6)15(2,3)4/h13-14H,7-12H2,1-6H3. The summed E-state index contributed by atoms with van der Waals surface area (Å²) in [4.78, 5) is 11.1. The van der Waals surface area contributed by atoms with Gasteiger partial charge in [-0.05, 0) is 24.6 Å². The molecule has 0 N–H and O–H groups in total. The van der Waals surface area contributed by atoms with Gasteiger partial charge in [-0.1, -0.05) is 59.8 Å². The minimum atomic E-state index is -1.80. The Balaban J connectivity index is 4.08. The van der Waals surface area contributed by atoms with Crippen molar-refractivity contribution in [3.63, 3.8) is 0 Å². The molecule has 0 saturated heterocycles. The summed E-state index contributed by atoms with van der Waals surface area (Å²) < 4.78 is 6.13. The molecule has 0 fully saturated rings. The lowest BCUT2D eigenvalue weighted by Gasteiger charge is -2.38. The van der Waals surface area contributed by atoms with E-state index in [0.717, 1.165) is 19.1 Å². The van der Waals surface area contributed by atoms with Crippen molar-refractivity contribution in [3.05, 3.63) is 0 Å². The second-order valence-electron chi connectivity index (χ2n) is 6.76. The summed E-state index contributed by atoms with van der Waals surface area (Å²) >= 11 is 0. The smallest absolute Gasteiger partial charge is 0.193 e. The third-order valence-corrected chi connectivity index (χ3v) is 8.50. The zero-order valence-corrected chi connectivity index (χ0v) is 14.2. The molecular weight excluding hydrogens is 240 g/mol. The molecule has 0 aromatic rings. The third kappa shape index (κ3) is 6.69. The van der Waals surface area contributed by atoms with Gasteiger partial charge in [-0.2, -0.15) is 0 Å². The number of hydrogen-bond donors (Lipinski definition) is 0. The highest BCUT2D eigenvalue weighted by Crippen LogP contribution is 2.37. The number of carbonyl (C=O) groups is 1. The van der Waals surface area contributed by atoms with Crippen LogP contribution in [-0.4, -0.2) is 20.7 Å². The molecule has 0 radical (unpaired) electrons. The van der Waals surface area contributed by atoms with Crippen LogP contribution in [0.2, 0.25) is 18.1 Å². The number of carbonyl (C=O) groups excluding carboxylic acids is 1. The van der Waals surface area contributed by atoms with E-state index in [4.69, 9.17) is 4.43 Å². The van der Waals surface area contributed by atoms with Gasteiger partial charge in [0.2, 0.25) is 0 Å². The van der Waals surface area contributed by atoms with Gasteiger partial charge in [-0.25, -0.2) is 0 Å². The molecule has 0 rings (SSSR count). The Morgan fingerprint density at radius 2 is 1.67 bits per heavy atom. The minimum absolute atomic E-state index is 0.177. The zero-order chi connectivity index (χ0) is 14.2. The molecule has 0 heterocycles. The lowest BCUT2D eigenvalue weighted by Crippen LogP contribution is -2.44. The van der Waals surface area contributed by atoms with Gasteiger partial charge >= 0.3 is 0 Å². The third-order valence-electron chi connectivity index (χ3n) is 4.00. The average Bonchev–Trinajstić information content (AvgIpc) is 2.25. The molecule has 2 nitrogen and oxygen atoms in total. The second-order valence-corrected chi connectivity index (χ2v) is 11.5. The molecular formula is C15H32O2Si. The van der Waals surface area contributed by atoms with Gasteiger partial charge in [-0.3, -0.25) is 0 Å². The maximum absolute atomic E-state index is 11.1. The van der Waals surface area contributed by atoms with E-state index >= 15 is 0 Å². The van der Waals surface area contributed by atoms with E-state index in [9.17, 15) is 4.79 Å². The van der Waals surface area contributed by atoms with Crippen molar-refractivity contribution < 1.29 is 9.22 Å². The molecule has 1 unspecified atom stereocenters. The first kappa shape index (κ1) is 17.8. The SMILES string of the molecule is CCCCCCCC(C=O)O[Si](C)(C)C(C)(C)C. The molecule has 0 saturated carbocycles. The highest BCUT2D eigenvalue weighted by molar-refractivity contribution is 6.74. The summed E-state index contributed by atoms with van der Waals surface area (Å²) in [5, 5.41) is 0.177. The fraction of sp³-hybridized carbons (Fsp3) is 0.933. The molecule has 0 aromatic heterocycles. The Kier molecular flexibility index (Phi) is 8.04. The van der Waals surface area contributed by atoms with Crippen LogP contribution in [0.1, 0.15) is 66.2 Å².